The highest BCUT2D eigenvalue weighted by molar-refractivity contribution is 5.82. The average Bonchev–Trinajstić information content (AvgIpc) is 2.65. The molecule has 0 aliphatic heterocycles. The molecule has 0 fully saturated rings. The van der Waals surface area contributed by atoms with Crippen LogP contribution in [-0.2, 0) is 9.53 Å². The minimum atomic E-state index is -0.396. The first-order chi connectivity index (χ1) is 12.3. The molecule has 25 heavy (non-hydrogen) atoms. The molecule has 0 saturated carbocycles. The zero-order valence-electron chi connectivity index (χ0n) is 15.1. The van der Waals surface area contributed by atoms with Crippen molar-refractivity contribution in [3.63, 3.8) is 0 Å². The molecule has 1 unspecified atom stereocenters. The molecule has 0 radical (unpaired) electrons. The van der Waals surface area contributed by atoms with Crippen molar-refractivity contribution in [3.8, 4) is 0 Å². The first-order valence-electron chi connectivity index (χ1n) is 8.98. The fourth-order valence-corrected chi connectivity index (χ4v) is 2.74. The van der Waals surface area contributed by atoms with E-state index >= 15 is 0 Å². The van der Waals surface area contributed by atoms with Gasteiger partial charge in [-0.2, -0.15) is 0 Å². The van der Waals surface area contributed by atoms with Crippen molar-refractivity contribution in [3.05, 3.63) is 83.1 Å². The molecule has 2 nitrogen and oxygen atoms in total. The minimum absolute atomic E-state index is 0.200. The SMILES string of the molecule is CCCCC(=C=Cc1ccccc1)C(C(=O)OCC)c1ccccc1. The number of ether oxygens (including phenoxy) is 1. The van der Waals surface area contributed by atoms with Gasteiger partial charge in [-0.25, -0.2) is 0 Å². The van der Waals surface area contributed by atoms with E-state index in [0.29, 0.717) is 6.61 Å². The lowest BCUT2D eigenvalue weighted by atomic mass is 9.88. The summed E-state index contributed by atoms with van der Waals surface area (Å²) < 4.78 is 5.36. The predicted molar refractivity (Wildman–Crippen MR) is 103 cm³/mol. The van der Waals surface area contributed by atoms with Gasteiger partial charge in [-0.15, -0.1) is 5.73 Å². The Morgan fingerprint density at radius 1 is 1.04 bits per heavy atom. The highest BCUT2D eigenvalue weighted by Crippen LogP contribution is 2.29. The Labute approximate surface area is 150 Å². The number of hydrogen-bond donors (Lipinski definition) is 0. The van der Waals surface area contributed by atoms with E-state index in [-0.39, 0.29) is 5.97 Å². The molecular formula is C23H26O2. The Bertz CT molecular complexity index is 710. The predicted octanol–water partition coefficient (Wildman–Crippen LogP) is 5.76. The summed E-state index contributed by atoms with van der Waals surface area (Å²) in [7, 11) is 0. The fraction of sp³-hybridized carbons (Fsp3) is 0.304. The molecule has 0 bridgehead atoms. The molecule has 2 aromatic carbocycles. The molecular weight excluding hydrogens is 308 g/mol. The molecule has 0 amide bonds. The van der Waals surface area contributed by atoms with Crippen LogP contribution in [-0.4, -0.2) is 12.6 Å². The van der Waals surface area contributed by atoms with E-state index in [1.54, 1.807) is 0 Å². The summed E-state index contributed by atoms with van der Waals surface area (Å²) in [4.78, 5) is 12.7. The maximum atomic E-state index is 12.7. The first kappa shape index (κ1) is 18.8. The van der Waals surface area contributed by atoms with E-state index < -0.39 is 5.92 Å². The van der Waals surface area contributed by atoms with Crippen molar-refractivity contribution in [2.75, 3.05) is 6.61 Å². The van der Waals surface area contributed by atoms with Gasteiger partial charge in [0, 0.05) is 0 Å². The molecule has 1 atom stereocenters. The lowest BCUT2D eigenvalue weighted by molar-refractivity contribution is -0.144. The highest BCUT2D eigenvalue weighted by atomic mass is 16.5. The molecule has 0 aliphatic carbocycles. The second-order valence-corrected chi connectivity index (χ2v) is 5.92. The van der Waals surface area contributed by atoms with Gasteiger partial charge in [0.1, 0.15) is 5.92 Å². The maximum Gasteiger partial charge on any atom is 0.318 e. The van der Waals surface area contributed by atoms with Crippen molar-refractivity contribution in [1.82, 2.24) is 0 Å². The number of carbonyl (C=O) groups excluding carboxylic acids is 1. The third-order valence-electron chi connectivity index (χ3n) is 4.03. The topological polar surface area (TPSA) is 26.3 Å². The Morgan fingerprint density at radius 3 is 2.28 bits per heavy atom. The number of esters is 1. The third kappa shape index (κ3) is 5.77. The van der Waals surface area contributed by atoms with E-state index in [9.17, 15) is 4.79 Å². The van der Waals surface area contributed by atoms with Crippen LogP contribution >= 0.6 is 0 Å². The quantitative estimate of drug-likeness (QED) is 0.453. The van der Waals surface area contributed by atoms with Crippen LogP contribution in [0, 0.1) is 0 Å². The van der Waals surface area contributed by atoms with Crippen LogP contribution in [0.15, 0.2) is 72.0 Å². The number of hydrogen-bond acceptors (Lipinski definition) is 2. The highest BCUT2D eigenvalue weighted by Gasteiger charge is 2.25. The molecule has 0 aliphatic rings. The van der Waals surface area contributed by atoms with Crippen LogP contribution in [0.2, 0.25) is 0 Å². The Balaban J connectivity index is 2.45. The van der Waals surface area contributed by atoms with Crippen molar-refractivity contribution >= 4 is 12.0 Å². The van der Waals surface area contributed by atoms with Crippen LogP contribution < -0.4 is 0 Å². The summed E-state index contributed by atoms with van der Waals surface area (Å²) >= 11 is 0. The molecule has 2 aromatic rings. The third-order valence-corrected chi connectivity index (χ3v) is 4.03. The Kier molecular flexibility index (Phi) is 7.75. The van der Waals surface area contributed by atoms with Gasteiger partial charge in [0.2, 0.25) is 0 Å². The monoisotopic (exact) mass is 334 g/mol. The van der Waals surface area contributed by atoms with Gasteiger partial charge < -0.3 is 4.74 Å². The van der Waals surface area contributed by atoms with Gasteiger partial charge in [-0.05, 0) is 42.5 Å². The number of rotatable bonds is 8. The fourth-order valence-electron chi connectivity index (χ4n) is 2.74. The lowest BCUT2D eigenvalue weighted by Crippen LogP contribution is -2.18. The summed E-state index contributed by atoms with van der Waals surface area (Å²) in [6.07, 6.45) is 4.88. The van der Waals surface area contributed by atoms with Gasteiger partial charge in [-0.3, -0.25) is 4.79 Å². The molecule has 0 aromatic heterocycles. The minimum Gasteiger partial charge on any atom is -0.465 e. The van der Waals surface area contributed by atoms with Gasteiger partial charge in [0.05, 0.1) is 6.61 Å². The van der Waals surface area contributed by atoms with E-state index in [1.165, 1.54) is 0 Å². The molecule has 0 N–H and O–H groups in total. The normalized spacial score (nSPS) is 11.3. The van der Waals surface area contributed by atoms with Crippen molar-refractivity contribution in [1.29, 1.82) is 0 Å². The van der Waals surface area contributed by atoms with E-state index in [2.05, 4.69) is 12.7 Å². The van der Waals surface area contributed by atoms with E-state index in [0.717, 1.165) is 36.0 Å². The Hall–Kier alpha value is -2.57. The van der Waals surface area contributed by atoms with E-state index in [4.69, 9.17) is 4.74 Å². The number of benzene rings is 2. The number of carbonyl (C=O) groups is 1. The largest absolute Gasteiger partial charge is 0.465 e. The standard InChI is InChI=1S/C23H26O2/c1-3-5-14-21(18-17-19-12-8-6-9-13-19)22(23(24)25-4-2)20-15-10-7-11-16-20/h6-13,15-17,22H,3-5,14H2,1-2H3. The number of unbranched alkanes of at least 4 members (excludes halogenated alkanes) is 1. The second-order valence-electron chi connectivity index (χ2n) is 5.92. The summed E-state index contributed by atoms with van der Waals surface area (Å²) in [5.41, 5.74) is 6.42. The van der Waals surface area contributed by atoms with Gasteiger partial charge in [0.25, 0.3) is 0 Å². The van der Waals surface area contributed by atoms with Crippen LogP contribution in [0.1, 0.15) is 50.2 Å². The van der Waals surface area contributed by atoms with Crippen molar-refractivity contribution in [2.24, 2.45) is 0 Å². The molecule has 130 valence electrons. The summed E-state index contributed by atoms with van der Waals surface area (Å²) in [6, 6.07) is 19.9. The molecule has 0 heterocycles. The molecule has 2 heteroatoms. The van der Waals surface area contributed by atoms with Crippen LogP contribution in [0.25, 0.3) is 6.08 Å². The van der Waals surface area contributed by atoms with Crippen LogP contribution in [0.3, 0.4) is 0 Å². The Morgan fingerprint density at radius 2 is 1.68 bits per heavy atom. The van der Waals surface area contributed by atoms with Crippen LogP contribution in [0.4, 0.5) is 0 Å². The maximum absolute atomic E-state index is 12.7. The zero-order valence-corrected chi connectivity index (χ0v) is 15.1. The molecule has 2 rings (SSSR count). The lowest BCUT2D eigenvalue weighted by Gasteiger charge is -2.18. The van der Waals surface area contributed by atoms with E-state index in [1.807, 2.05) is 73.7 Å². The average molecular weight is 334 g/mol. The second kappa shape index (κ2) is 10.3. The van der Waals surface area contributed by atoms with Crippen molar-refractivity contribution < 1.29 is 9.53 Å². The van der Waals surface area contributed by atoms with Gasteiger partial charge in [0.15, 0.2) is 0 Å². The van der Waals surface area contributed by atoms with Gasteiger partial charge in [-0.1, -0.05) is 74.0 Å². The summed E-state index contributed by atoms with van der Waals surface area (Å²) in [5.74, 6) is -0.596. The summed E-state index contributed by atoms with van der Waals surface area (Å²) in [6.45, 7) is 4.38. The zero-order chi connectivity index (χ0) is 17.9. The smallest absolute Gasteiger partial charge is 0.318 e. The molecule has 0 spiro atoms. The molecule has 0 saturated heterocycles. The van der Waals surface area contributed by atoms with Crippen molar-refractivity contribution in [2.45, 2.75) is 39.0 Å². The summed E-state index contributed by atoms with van der Waals surface area (Å²) in [5, 5.41) is 0. The van der Waals surface area contributed by atoms with Crippen LogP contribution in [0.5, 0.6) is 0 Å². The first-order valence-corrected chi connectivity index (χ1v) is 8.98. The van der Waals surface area contributed by atoms with Gasteiger partial charge >= 0.3 is 5.97 Å².